The van der Waals surface area contributed by atoms with Gasteiger partial charge in [-0.1, -0.05) is 62.6 Å². The summed E-state index contributed by atoms with van der Waals surface area (Å²) in [4.78, 5) is 0. The van der Waals surface area contributed by atoms with E-state index in [9.17, 15) is 0 Å². The molecule has 0 amide bonds. The third kappa shape index (κ3) is 6.45. The highest BCUT2D eigenvalue weighted by Crippen LogP contribution is 2.13. The van der Waals surface area contributed by atoms with Crippen molar-refractivity contribution in [3.63, 3.8) is 0 Å². The number of ether oxygens (including phenoxy) is 1. The van der Waals surface area contributed by atoms with Crippen LogP contribution in [0.2, 0.25) is 0 Å². The maximum Gasteiger partial charge on any atom is 0.119 e. The number of nitrogens with one attached hydrogen (secondary N) is 1. The minimum absolute atomic E-state index is 0.824. The second-order valence-corrected chi connectivity index (χ2v) is 6.08. The quantitative estimate of drug-likeness (QED) is 0.606. The minimum atomic E-state index is 0.824. The highest BCUT2D eigenvalue weighted by Gasteiger charge is 1.99. The second kappa shape index (κ2) is 10.1. The van der Waals surface area contributed by atoms with Crippen LogP contribution in [0.3, 0.4) is 0 Å². The Morgan fingerprint density at radius 3 is 2.39 bits per heavy atom. The summed E-state index contributed by atoms with van der Waals surface area (Å²) < 4.78 is 5.78. The van der Waals surface area contributed by atoms with E-state index in [0.29, 0.717) is 0 Å². The molecule has 2 heteroatoms. The Hall–Kier alpha value is -1.80. The molecule has 23 heavy (non-hydrogen) atoms. The van der Waals surface area contributed by atoms with Gasteiger partial charge in [-0.3, -0.25) is 0 Å². The molecule has 1 N–H and O–H groups in total. The number of hydrogen-bond donors (Lipinski definition) is 1. The van der Waals surface area contributed by atoms with Gasteiger partial charge in [-0.15, -0.1) is 0 Å². The summed E-state index contributed by atoms with van der Waals surface area (Å²) in [5.41, 5.74) is 3.99. The van der Waals surface area contributed by atoms with Gasteiger partial charge in [0, 0.05) is 13.1 Å². The molecule has 0 atom stereocenters. The van der Waals surface area contributed by atoms with E-state index in [0.717, 1.165) is 31.9 Å². The molecule has 0 saturated carbocycles. The van der Waals surface area contributed by atoms with E-state index in [1.165, 1.54) is 36.0 Å². The molecule has 0 aromatic heterocycles. The molecule has 0 aliphatic heterocycles. The molecule has 0 unspecified atom stereocenters. The Morgan fingerprint density at radius 1 is 0.870 bits per heavy atom. The van der Waals surface area contributed by atoms with Crippen molar-refractivity contribution in [2.45, 2.75) is 52.6 Å². The standard InChI is InChI=1S/C21H29NO/c1-3-4-5-8-15-23-21-13-11-19(12-14-21)16-22-17-20-10-7-6-9-18(20)2/h6-7,9-14,22H,3-5,8,15-17H2,1-2H3. The Morgan fingerprint density at radius 2 is 1.65 bits per heavy atom. The Kier molecular flexibility index (Phi) is 7.68. The van der Waals surface area contributed by atoms with Crippen molar-refractivity contribution >= 4 is 0 Å². The maximum atomic E-state index is 5.78. The zero-order valence-electron chi connectivity index (χ0n) is 14.5. The van der Waals surface area contributed by atoms with Crippen LogP contribution < -0.4 is 10.1 Å². The third-order valence-electron chi connectivity index (χ3n) is 4.10. The zero-order valence-corrected chi connectivity index (χ0v) is 14.5. The molecule has 0 spiro atoms. The van der Waals surface area contributed by atoms with Crippen LogP contribution in [0.15, 0.2) is 48.5 Å². The molecule has 2 aromatic carbocycles. The SMILES string of the molecule is CCCCCCOc1ccc(CNCc2ccccc2C)cc1. The van der Waals surface area contributed by atoms with Gasteiger partial charge >= 0.3 is 0 Å². The Bertz CT molecular complexity index is 562. The van der Waals surface area contributed by atoms with Crippen LogP contribution in [0.5, 0.6) is 5.75 Å². The molecular weight excluding hydrogens is 282 g/mol. The molecule has 124 valence electrons. The minimum Gasteiger partial charge on any atom is -0.494 e. The predicted octanol–water partition coefficient (Wildman–Crippen LogP) is 5.24. The number of benzene rings is 2. The van der Waals surface area contributed by atoms with Crippen molar-refractivity contribution in [1.29, 1.82) is 0 Å². The van der Waals surface area contributed by atoms with Gasteiger partial charge < -0.3 is 10.1 Å². The van der Waals surface area contributed by atoms with Gasteiger partial charge in [0.1, 0.15) is 5.75 Å². The smallest absolute Gasteiger partial charge is 0.119 e. The van der Waals surface area contributed by atoms with Gasteiger partial charge in [-0.2, -0.15) is 0 Å². The summed E-state index contributed by atoms with van der Waals surface area (Å²) in [6.07, 6.45) is 4.98. The van der Waals surface area contributed by atoms with E-state index < -0.39 is 0 Å². The molecule has 0 bridgehead atoms. The summed E-state index contributed by atoms with van der Waals surface area (Å²) in [6, 6.07) is 16.9. The first-order valence-corrected chi connectivity index (χ1v) is 8.76. The van der Waals surface area contributed by atoms with Gasteiger partial charge in [-0.05, 0) is 42.2 Å². The van der Waals surface area contributed by atoms with Crippen LogP contribution in [0.25, 0.3) is 0 Å². The number of unbranched alkanes of at least 4 members (excludes halogenated alkanes) is 3. The number of aryl methyl sites for hydroxylation is 1. The van der Waals surface area contributed by atoms with Crippen LogP contribution in [0, 0.1) is 6.92 Å². The first-order chi connectivity index (χ1) is 11.3. The van der Waals surface area contributed by atoms with Crippen LogP contribution in [-0.2, 0) is 13.1 Å². The first-order valence-electron chi connectivity index (χ1n) is 8.76. The van der Waals surface area contributed by atoms with Gasteiger partial charge in [0.05, 0.1) is 6.61 Å². The van der Waals surface area contributed by atoms with E-state index in [1.807, 2.05) is 0 Å². The summed E-state index contributed by atoms with van der Waals surface area (Å²) in [5, 5.41) is 3.50. The van der Waals surface area contributed by atoms with Crippen molar-refractivity contribution < 1.29 is 4.74 Å². The van der Waals surface area contributed by atoms with E-state index in [2.05, 4.69) is 67.7 Å². The van der Waals surface area contributed by atoms with Crippen molar-refractivity contribution in [3.8, 4) is 5.75 Å². The molecule has 2 aromatic rings. The largest absolute Gasteiger partial charge is 0.494 e. The Balaban J connectivity index is 1.69. The number of hydrogen-bond acceptors (Lipinski definition) is 2. The maximum absolute atomic E-state index is 5.78. The highest BCUT2D eigenvalue weighted by atomic mass is 16.5. The summed E-state index contributed by atoms with van der Waals surface area (Å²) >= 11 is 0. The van der Waals surface area contributed by atoms with Crippen molar-refractivity contribution in [3.05, 3.63) is 65.2 Å². The molecule has 2 rings (SSSR count). The van der Waals surface area contributed by atoms with Gasteiger partial charge in [0.25, 0.3) is 0 Å². The van der Waals surface area contributed by atoms with Crippen LogP contribution in [0.1, 0.15) is 49.3 Å². The van der Waals surface area contributed by atoms with E-state index in [-0.39, 0.29) is 0 Å². The van der Waals surface area contributed by atoms with Crippen molar-refractivity contribution in [2.24, 2.45) is 0 Å². The fourth-order valence-corrected chi connectivity index (χ4v) is 2.57. The lowest BCUT2D eigenvalue weighted by atomic mass is 10.1. The Labute approximate surface area is 140 Å². The third-order valence-corrected chi connectivity index (χ3v) is 4.10. The lowest BCUT2D eigenvalue weighted by Gasteiger charge is -2.09. The van der Waals surface area contributed by atoms with E-state index >= 15 is 0 Å². The van der Waals surface area contributed by atoms with E-state index in [4.69, 9.17) is 4.74 Å². The topological polar surface area (TPSA) is 21.3 Å². The molecular formula is C21H29NO. The van der Waals surface area contributed by atoms with Gasteiger partial charge in [0.15, 0.2) is 0 Å². The number of rotatable bonds is 10. The van der Waals surface area contributed by atoms with Gasteiger partial charge in [-0.25, -0.2) is 0 Å². The normalized spacial score (nSPS) is 10.7. The highest BCUT2D eigenvalue weighted by molar-refractivity contribution is 5.28. The zero-order chi connectivity index (χ0) is 16.3. The lowest BCUT2D eigenvalue weighted by molar-refractivity contribution is 0.305. The molecule has 0 aliphatic rings. The predicted molar refractivity (Wildman–Crippen MR) is 97.8 cm³/mol. The van der Waals surface area contributed by atoms with Crippen LogP contribution in [0.4, 0.5) is 0 Å². The fourth-order valence-electron chi connectivity index (χ4n) is 2.57. The molecule has 0 aliphatic carbocycles. The first kappa shape index (κ1) is 17.6. The second-order valence-electron chi connectivity index (χ2n) is 6.08. The average molecular weight is 311 g/mol. The van der Waals surface area contributed by atoms with Crippen molar-refractivity contribution in [2.75, 3.05) is 6.61 Å². The molecule has 0 saturated heterocycles. The van der Waals surface area contributed by atoms with E-state index in [1.54, 1.807) is 0 Å². The lowest BCUT2D eigenvalue weighted by Crippen LogP contribution is -2.13. The van der Waals surface area contributed by atoms with Gasteiger partial charge in [0.2, 0.25) is 0 Å². The van der Waals surface area contributed by atoms with Crippen LogP contribution >= 0.6 is 0 Å². The average Bonchev–Trinajstić information content (AvgIpc) is 2.58. The molecule has 0 radical (unpaired) electrons. The molecule has 0 heterocycles. The van der Waals surface area contributed by atoms with Crippen molar-refractivity contribution in [1.82, 2.24) is 5.32 Å². The summed E-state index contributed by atoms with van der Waals surface area (Å²) in [5.74, 6) is 0.976. The fraction of sp³-hybridized carbons (Fsp3) is 0.429. The summed E-state index contributed by atoms with van der Waals surface area (Å²) in [6.45, 7) is 6.99. The van der Waals surface area contributed by atoms with Crippen LogP contribution in [-0.4, -0.2) is 6.61 Å². The summed E-state index contributed by atoms with van der Waals surface area (Å²) in [7, 11) is 0. The molecule has 0 fully saturated rings. The monoisotopic (exact) mass is 311 g/mol. The molecule has 2 nitrogen and oxygen atoms in total.